The number of rotatable bonds is 5. The first kappa shape index (κ1) is 15.4. The second-order valence-corrected chi connectivity index (χ2v) is 5.39. The molecule has 0 saturated carbocycles. The summed E-state index contributed by atoms with van der Waals surface area (Å²) in [4.78, 5) is 12.1. The molecule has 1 heterocycles. The van der Waals surface area contributed by atoms with Gasteiger partial charge in [-0.3, -0.25) is 4.79 Å². The van der Waals surface area contributed by atoms with Gasteiger partial charge in [0.15, 0.2) is 0 Å². The third-order valence-electron chi connectivity index (χ3n) is 2.94. The summed E-state index contributed by atoms with van der Waals surface area (Å²) in [5, 5.41) is 2.98. The van der Waals surface area contributed by atoms with Crippen molar-refractivity contribution in [2.24, 2.45) is 0 Å². The van der Waals surface area contributed by atoms with Gasteiger partial charge >= 0.3 is 0 Å². The molecule has 0 spiro atoms. The third kappa shape index (κ3) is 4.02. The summed E-state index contributed by atoms with van der Waals surface area (Å²) in [6.45, 7) is 5.85. The fourth-order valence-corrected chi connectivity index (χ4v) is 2.14. The Hall–Kier alpha value is -1.94. The Morgan fingerprint density at radius 3 is 2.67 bits per heavy atom. The lowest BCUT2D eigenvalue weighted by molar-refractivity contribution is 0.0939. The molecule has 112 valence electrons. The number of benzene rings is 1. The highest BCUT2D eigenvalue weighted by Gasteiger charge is 2.16. The van der Waals surface area contributed by atoms with Gasteiger partial charge < -0.3 is 14.5 Å². The van der Waals surface area contributed by atoms with Gasteiger partial charge in [-0.15, -0.1) is 0 Å². The molecule has 0 aliphatic carbocycles. The average molecular weight is 308 g/mol. The van der Waals surface area contributed by atoms with Gasteiger partial charge in [-0.1, -0.05) is 12.1 Å². The van der Waals surface area contributed by atoms with E-state index in [9.17, 15) is 4.79 Å². The van der Waals surface area contributed by atoms with Gasteiger partial charge in [0.2, 0.25) is 5.22 Å². The molecule has 0 fully saturated rings. The van der Waals surface area contributed by atoms with Crippen molar-refractivity contribution in [3.63, 3.8) is 0 Å². The molecule has 2 aromatic rings. The molecule has 0 bridgehead atoms. The molecular formula is C16H18ClNO3. The average Bonchev–Trinajstić information content (AvgIpc) is 2.84. The summed E-state index contributed by atoms with van der Waals surface area (Å²) >= 11 is 5.80. The monoisotopic (exact) mass is 307 g/mol. The van der Waals surface area contributed by atoms with E-state index in [1.807, 2.05) is 45.0 Å². The first-order valence-corrected chi connectivity index (χ1v) is 7.15. The smallest absolute Gasteiger partial charge is 0.256 e. The zero-order valence-electron chi connectivity index (χ0n) is 12.2. The van der Waals surface area contributed by atoms with Crippen LogP contribution in [0.15, 0.2) is 41.0 Å². The number of ether oxygens (including phenoxy) is 1. The quantitative estimate of drug-likeness (QED) is 0.900. The normalized spacial score (nSPS) is 12.2. The minimum atomic E-state index is -0.267. The number of amides is 1. The topological polar surface area (TPSA) is 51.5 Å². The van der Waals surface area contributed by atoms with E-state index >= 15 is 0 Å². The molecule has 5 heteroatoms. The molecule has 1 amide bonds. The summed E-state index contributed by atoms with van der Waals surface area (Å²) < 4.78 is 10.6. The number of carbonyl (C=O) groups is 1. The molecule has 2 rings (SSSR count). The fourth-order valence-electron chi connectivity index (χ4n) is 1.94. The van der Waals surface area contributed by atoms with Crippen LogP contribution in [-0.4, -0.2) is 12.0 Å². The molecule has 0 aliphatic heterocycles. The maximum atomic E-state index is 12.1. The van der Waals surface area contributed by atoms with Crippen LogP contribution in [0.3, 0.4) is 0 Å². The van der Waals surface area contributed by atoms with E-state index in [-0.39, 0.29) is 23.3 Å². The maximum Gasteiger partial charge on any atom is 0.256 e. The van der Waals surface area contributed by atoms with Gasteiger partial charge in [0.05, 0.1) is 24.0 Å². The predicted molar refractivity (Wildman–Crippen MR) is 81.8 cm³/mol. The van der Waals surface area contributed by atoms with Crippen molar-refractivity contribution >= 4 is 17.5 Å². The Kier molecular flexibility index (Phi) is 4.91. The standard InChI is InChI=1S/C16H18ClNO3/c1-10(2)21-13-6-4-5-12(9-13)11(3)18-16(19)14-7-8-20-15(14)17/h4-11H,1-3H3,(H,18,19). The highest BCUT2D eigenvalue weighted by Crippen LogP contribution is 2.22. The molecule has 0 saturated heterocycles. The Bertz CT molecular complexity index is 621. The Morgan fingerprint density at radius 1 is 1.29 bits per heavy atom. The summed E-state index contributed by atoms with van der Waals surface area (Å²) in [5.41, 5.74) is 1.29. The zero-order valence-corrected chi connectivity index (χ0v) is 13.0. The number of halogens is 1. The Balaban J connectivity index is 2.08. The van der Waals surface area contributed by atoms with E-state index < -0.39 is 0 Å². The van der Waals surface area contributed by atoms with E-state index in [0.717, 1.165) is 11.3 Å². The van der Waals surface area contributed by atoms with E-state index in [1.165, 1.54) is 6.26 Å². The zero-order chi connectivity index (χ0) is 15.4. The van der Waals surface area contributed by atoms with Crippen LogP contribution in [-0.2, 0) is 0 Å². The number of hydrogen-bond acceptors (Lipinski definition) is 3. The van der Waals surface area contributed by atoms with Crippen molar-refractivity contribution in [2.75, 3.05) is 0 Å². The van der Waals surface area contributed by atoms with Crippen LogP contribution in [0.4, 0.5) is 0 Å². The predicted octanol–water partition coefficient (Wildman–Crippen LogP) is 4.21. The minimum Gasteiger partial charge on any atom is -0.491 e. The van der Waals surface area contributed by atoms with Crippen LogP contribution in [0.25, 0.3) is 0 Å². The van der Waals surface area contributed by atoms with Crippen molar-refractivity contribution in [3.8, 4) is 5.75 Å². The largest absolute Gasteiger partial charge is 0.491 e. The van der Waals surface area contributed by atoms with Crippen molar-refractivity contribution in [2.45, 2.75) is 32.9 Å². The van der Waals surface area contributed by atoms with Crippen LogP contribution in [0.1, 0.15) is 42.7 Å². The van der Waals surface area contributed by atoms with Crippen LogP contribution >= 0.6 is 11.6 Å². The first-order chi connectivity index (χ1) is 9.97. The number of carbonyl (C=O) groups excluding carboxylic acids is 1. The fraction of sp³-hybridized carbons (Fsp3) is 0.312. The Morgan fingerprint density at radius 2 is 2.05 bits per heavy atom. The lowest BCUT2D eigenvalue weighted by Crippen LogP contribution is -2.26. The SMILES string of the molecule is CC(C)Oc1cccc(C(C)NC(=O)c2ccoc2Cl)c1. The second kappa shape index (κ2) is 6.68. The summed E-state index contributed by atoms with van der Waals surface area (Å²) in [6.07, 6.45) is 1.49. The second-order valence-electron chi connectivity index (χ2n) is 5.04. The molecule has 1 atom stereocenters. The first-order valence-electron chi connectivity index (χ1n) is 6.78. The van der Waals surface area contributed by atoms with Crippen molar-refractivity contribution in [1.29, 1.82) is 0 Å². The Labute approximate surface area is 129 Å². The highest BCUT2D eigenvalue weighted by molar-refractivity contribution is 6.32. The molecular weight excluding hydrogens is 290 g/mol. The van der Waals surface area contributed by atoms with Gasteiger partial charge in [-0.2, -0.15) is 0 Å². The van der Waals surface area contributed by atoms with Crippen LogP contribution in [0, 0.1) is 0 Å². The summed E-state index contributed by atoms with van der Waals surface area (Å²) in [7, 11) is 0. The lowest BCUT2D eigenvalue weighted by atomic mass is 10.1. The van der Waals surface area contributed by atoms with E-state index in [0.29, 0.717) is 5.56 Å². The van der Waals surface area contributed by atoms with Gasteiger partial charge in [-0.05, 0) is 56.1 Å². The molecule has 0 aliphatic rings. The summed E-state index contributed by atoms with van der Waals surface area (Å²) in [5.74, 6) is 0.515. The maximum absolute atomic E-state index is 12.1. The number of hydrogen-bond donors (Lipinski definition) is 1. The van der Waals surface area contributed by atoms with E-state index in [1.54, 1.807) is 6.07 Å². The van der Waals surface area contributed by atoms with Gasteiger partial charge in [0.1, 0.15) is 5.75 Å². The number of furan rings is 1. The third-order valence-corrected chi connectivity index (χ3v) is 3.23. The van der Waals surface area contributed by atoms with Gasteiger partial charge in [0.25, 0.3) is 5.91 Å². The number of nitrogens with one attached hydrogen (secondary N) is 1. The molecule has 1 aromatic carbocycles. The van der Waals surface area contributed by atoms with Crippen molar-refractivity contribution in [1.82, 2.24) is 5.32 Å². The molecule has 21 heavy (non-hydrogen) atoms. The van der Waals surface area contributed by atoms with Crippen molar-refractivity contribution < 1.29 is 13.9 Å². The van der Waals surface area contributed by atoms with E-state index in [2.05, 4.69) is 5.32 Å². The van der Waals surface area contributed by atoms with Crippen molar-refractivity contribution in [3.05, 3.63) is 52.9 Å². The molecule has 1 unspecified atom stereocenters. The van der Waals surface area contributed by atoms with Crippen LogP contribution in [0.2, 0.25) is 5.22 Å². The van der Waals surface area contributed by atoms with Gasteiger partial charge in [-0.25, -0.2) is 0 Å². The van der Waals surface area contributed by atoms with Crippen LogP contribution in [0.5, 0.6) is 5.75 Å². The lowest BCUT2D eigenvalue weighted by Gasteiger charge is -2.16. The van der Waals surface area contributed by atoms with Gasteiger partial charge in [0, 0.05) is 0 Å². The highest BCUT2D eigenvalue weighted by atomic mass is 35.5. The molecule has 4 nitrogen and oxygen atoms in total. The molecule has 0 radical (unpaired) electrons. The molecule has 1 aromatic heterocycles. The van der Waals surface area contributed by atoms with E-state index in [4.69, 9.17) is 20.8 Å². The minimum absolute atomic E-state index is 0.0941. The van der Waals surface area contributed by atoms with Crippen LogP contribution < -0.4 is 10.1 Å². The molecule has 1 N–H and O–H groups in total. The summed E-state index contributed by atoms with van der Waals surface area (Å²) in [6, 6.07) is 9.03.